The lowest BCUT2D eigenvalue weighted by molar-refractivity contribution is 0.249. The van der Waals surface area contributed by atoms with Crippen LogP contribution < -0.4 is 15.9 Å². The second-order valence-electron chi connectivity index (χ2n) is 6.60. The van der Waals surface area contributed by atoms with Gasteiger partial charge in [0.25, 0.3) is 0 Å². The van der Waals surface area contributed by atoms with Gasteiger partial charge in [-0.25, -0.2) is 8.42 Å². The second kappa shape index (κ2) is 8.76. The Morgan fingerprint density at radius 2 is 1.60 bits per heavy atom. The predicted molar refractivity (Wildman–Crippen MR) is 113 cm³/mol. The summed E-state index contributed by atoms with van der Waals surface area (Å²) < 4.78 is 33.7. The summed E-state index contributed by atoms with van der Waals surface area (Å²) in [6, 6.07) is 15.1. The molecular weight excluding hydrogens is 406 g/mol. The maximum Gasteiger partial charge on any atom is 0.227 e. The standard InChI is InChI=1S/C22H19NO6S/c1-30(26,27)14-19-12-20(24)22(25)21(29-19)13-28-18-10-6-16(7-11-18)3-2-15-4-8-17(23)9-5-15/h4-12,25H,13-14,23H2,1H3. The van der Waals surface area contributed by atoms with Crippen LogP contribution >= 0.6 is 0 Å². The van der Waals surface area contributed by atoms with Crippen LogP contribution in [0, 0.1) is 11.8 Å². The average Bonchev–Trinajstić information content (AvgIpc) is 2.69. The zero-order valence-corrected chi connectivity index (χ0v) is 16.9. The number of nitrogens with two attached hydrogens (primary N) is 1. The first-order valence-corrected chi connectivity index (χ1v) is 10.9. The minimum Gasteiger partial charge on any atom is -0.502 e. The van der Waals surface area contributed by atoms with Crippen molar-refractivity contribution in [2.24, 2.45) is 0 Å². The summed E-state index contributed by atoms with van der Waals surface area (Å²) >= 11 is 0. The molecule has 0 saturated heterocycles. The molecule has 0 aliphatic carbocycles. The van der Waals surface area contributed by atoms with Crippen LogP contribution in [0.2, 0.25) is 0 Å². The molecule has 30 heavy (non-hydrogen) atoms. The number of hydrogen-bond acceptors (Lipinski definition) is 7. The molecule has 3 aromatic rings. The van der Waals surface area contributed by atoms with Crippen LogP contribution in [0.25, 0.3) is 0 Å². The molecule has 3 rings (SSSR count). The molecule has 0 saturated carbocycles. The Bertz CT molecular complexity index is 1260. The summed E-state index contributed by atoms with van der Waals surface area (Å²) in [5, 5.41) is 9.88. The number of hydrogen-bond donors (Lipinski definition) is 2. The van der Waals surface area contributed by atoms with E-state index in [1.165, 1.54) is 0 Å². The molecule has 0 spiro atoms. The monoisotopic (exact) mass is 425 g/mol. The maximum absolute atomic E-state index is 11.8. The molecule has 0 radical (unpaired) electrons. The van der Waals surface area contributed by atoms with Crippen molar-refractivity contribution >= 4 is 15.5 Å². The molecule has 0 bridgehead atoms. The molecule has 1 aromatic heterocycles. The number of anilines is 1. The number of benzene rings is 2. The molecule has 0 atom stereocenters. The van der Waals surface area contributed by atoms with Gasteiger partial charge in [0.15, 0.2) is 15.6 Å². The molecule has 3 N–H and O–H groups in total. The highest BCUT2D eigenvalue weighted by molar-refractivity contribution is 7.89. The van der Waals surface area contributed by atoms with Crippen molar-refractivity contribution in [3.63, 3.8) is 0 Å². The lowest BCUT2D eigenvalue weighted by atomic mass is 10.1. The van der Waals surface area contributed by atoms with Crippen LogP contribution in [0.1, 0.15) is 22.6 Å². The first kappa shape index (κ1) is 21.0. The maximum atomic E-state index is 11.8. The largest absolute Gasteiger partial charge is 0.502 e. The quantitative estimate of drug-likeness (QED) is 0.476. The summed E-state index contributed by atoms with van der Waals surface area (Å²) in [5.74, 6) is 5.24. The highest BCUT2D eigenvalue weighted by atomic mass is 32.2. The zero-order valence-electron chi connectivity index (χ0n) is 16.1. The average molecular weight is 425 g/mol. The van der Waals surface area contributed by atoms with E-state index in [1.807, 2.05) is 12.1 Å². The van der Waals surface area contributed by atoms with E-state index in [4.69, 9.17) is 14.9 Å². The van der Waals surface area contributed by atoms with E-state index in [0.717, 1.165) is 23.4 Å². The number of aromatic hydroxyl groups is 1. The van der Waals surface area contributed by atoms with Crippen molar-refractivity contribution in [3.8, 4) is 23.3 Å². The highest BCUT2D eigenvalue weighted by Gasteiger charge is 2.15. The van der Waals surface area contributed by atoms with Gasteiger partial charge in [-0.15, -0.1) is 0 Å². The third kappa shape index (κ3) is 5.90. The fourth-order valence-electron chi connectivity index (χ4n) is 2.51. The van der Waals surface area contributed by atoms with Crippen LogP contribution in [-0.2, 0) is 22.2 Å². The normalized spacial score (nSPS) is 10.8. The Balaban J connectivity index is 1.69. The van der Waals surface area contributed by atoms with E-state index >= 15 is 0 Å². The summed E-state index contributed by atoms with van der Waals surface area (Å²) in [7, 11) is -3.40. The van der Waals surface area contributed by atoms with E-state index in [1.54, 1.807) is 36.4 Å². The van der Waals surface area contributed by atoms with Crippen molar-refractivity contribution in [2.75, 3.05) is 12.0 Å². The highest BCUT2D eigenvalue weighted by Crippen LogP contribution is 2.19. The van der Waals surface area contributed by atoms with Crippen molar-refractivity contribution in [2.45, 2.75) is 12.4 Å². The molecular formula is C22H19NO6S. The van der Waals surface area contributed by atoms with Gasteiger partial charge in [-0.1, -0.05) is 11.8 Å². The minimum absolute atomic E-state index is 0.0628. The molecule has 0 unspecified atom stereocenters. The van der Waals surface area contributed by atoms with Gasteiger partial charge < -0.3 is 20.0 Å². The molecule has 1 heterocycles. The van der Waals surface area contributed by atoms with E-state index < -0.39 is 26.8 Å². The third-order valence-electron chi connectivity index (χ3n) is 3.93. The topological polar surface area (TPSA) is 120 Å². The number of rotatable bonds is 5. The minimum atomic E-state index is -3.40. The molecule has 7 nitrogen and oxygen atoms in total. The summed E-state index contributed by atoms with van der Waals surface area (Å²) in [4.78, 5) is 11.8. The Labute approximate surface area is 173 Å². The van der Waals surface area contributed by atoms with Gasteiger partial charge in [0.2, 0.25) is 11.2 Å². The van der Waals surface area contributed by atoms with Gasteiger partial charge in [0, 0.05) is 29.1 Å². The van der Waals surface area contributed by atoms with Gasteiger partial charge in [-0.05, 0) is 48.5 Å². The number of ether oxygens (including phenoxy) is 1. The van der Waals surface area contributed by atoms with Crippen LogP contribution in [0.3, 0.4) is 0 Å². The van der Waals surface area contributed by atoms with Gasteiger partial charge in [-0.3, -0.25) is 4.79 Å². The smallest absolute Gasteiger partial charge is 0.227 e. The fraction of sp³-hybridized carbons (Fsp3) is 0.136. The van der Waals surface area contributed by atoms with Gasteiger partial charge in [-0.2, -0.15) is 0 Å². The fourth-order valence-corrected chi connectivity index (χ4v) is 3.17. The Morgan fingerprint density at radius 3 is 2.17 bits per heavy atom. The zero-order chi connectivity index (χ0) is 21.7. The molecule has 8 heteroatoms. The van der Waals surface area contributed by atoms with Gasteiger partial charge in [0.05, 0.1) is 0 Å². The first-order valence-electron chi connectivity index (χ1n) is 8.82. The Morgan fingerprint density at radius 1 is 1.03 bits per heavy atom. The lowest BCUT2D eigenvalue weighted by Gasteiger charge is -2.08. The molecule has 0 fully saturated rings. The molecule has 0 aliphatic rings. The number of nitrogen functional groups attached to an aromatic ring is 1. The predicted octanol–water partition coefficient (Wildman–Crippen LogP) is 2.45. The third-order valence-corrected chi connectivity index (χ3v) is 4.74. The molecule has 0 amide bonds. The van der Waals surface area contributed by atoms with Gasteiger partial charge in [0.1, 0.15) is 23.9 Å². The van der Waals surface area contributed by atoms with E-state index in [9.17, 15) is 18.3 Å². The molecule has 2 aromatic carbocycles. The van der Waals surface area contributed by atoms with Crippen LogP contribution in [0.5, 0.6) is 11.5 Å². The van der Waals surface area contributed by atoms with Crippen molar-refractivity contribution in [3.05, 3.63) is 87.5 Å². The van der Waals surface area contributed by atoms with Crippen LogP contribution in [0.15, 0.2) is 63.8 Å². The summed E-state index contributed by atoms with van der Waals surface area (Å²) in [6.45, 7) is -0.241. The second-order valence-corrected chi connectivity index (χ2v) is 8.74. The Hall–Kier alpha value is -3.70. The Kier molecular flexibility index (Phi) is 6.14. The van der Waals surface area contributed by atoms with Crippen LogP contribution in [0.4, 0.5) is 5.69 Å². The van der Waals surface area contributed by atoms with E-state index in [-0.39, 0.29) is 18.1 Å². The van der Waals surface area contributed by atoms with Crippen molar-refractivity contribution in [1.82, 2.24) is 0 Å². The number of sulfone groups is 1. The van der Waals surface area contributed by atoms with Gasteiger partial charge >= 0.3 is 0 Å². The SMILES string of the molecule is CS(=O)(=O)Cc1cc(=O)c(O)c(COc2ccc(C#Cc3ccc(N)cc3)cc2)o1. The first-order chi connectivity index (χ1) is 14.2. The van der Waals surface area contributed by atoms with Crippen molar-refractivity contribution < 1.29 is 22.7 Å². The van der Waals surface area contributed by atoms with Crippen LogP contribution in [-0.4, -0.2) is 19.8 Å². The molecule has 154 valence electrons. The lowest BCUT2D eigenvalue weighted by Crippen LogP contribution is -2.10. The summed E-state index contributed by atoms with van der Waals surface area (Å²) in [5.41, 5.74) is 7.19. The van der Waals surface area contributed by atoms with Crippen molar-refractivity contribution in [1.29, 1.82) is 0 Å². The summed E-state index contributed by atoms with van der Waals surface area (Å²) in [6.07, 6.45) is 1.02. The van der Waals surface area contributed by atoms with E-state index in [0.29, 0.717) is 11.4 Å². The molecule has 0 aliphatic heterocycles. The van der Waals surface area contributed by atoms with E-state index in [2.05, 4.69) is 11.8 Å².